The Bertz CT molecular complexity index is 256. The number of aryl methyl sites for hydroxylation is 1. The van der Waals surface area contributed by atoms with Crippen molar-refractivity contribution in [1.82, 2.24) is 4.98 Å². The molecule has 0 bridgehead atoms. The molecule has 0 aliphatic rings. The molecule has 1 aromatic rings. The maximum absolute atomic E-state index is 5.79. The highest BCUT2D eigenvalue weighted by Crippen LogP contribution is 2.27. The highest BCUT2D eigenvalue weighted by Gasteiger charge is 2.23. The Kier molecular flexibility index (Phi) is 6.13. The zero-order valence-corrected chi connectivity index (χ0v) is 11.9. The monoisotopic (exact) mass is 283 g/mol. The molecule has 0 aliphatic carbocycles. The molecule has 0 unspecified atom stereocenters. The van der Waals surface area contributed by atoms with E-state index in [1.165, 1.54) is 25.0 Å². The summed E-state index contributed by atoms with van der Waals surface area (Å²) in [7, 11) is 0. The second-order valence-electron chi connectivity index (χ2n) is 3.72. The van der Waals surface area contributed by atoms with Crippen LogP contribution in [0.5, 0.6) is 0 Å². The minimum Gasteiger partial charge on any atom is -0.365 e. The fraction of sp³-hybridized carbons (Fsp3) is 0.600. The molecule has 86 valence electrons. The first kappa shape index (κ1) is 13.4. The number of rotatable bonds is 7. The molecule has 0 aliphatic heterocycles. The molecule has 0 amide bonds. The summed E-state index contributed by atoms with van der Waals surface area (Å²) in [4.78, 5) is 3.20. The van der Waals surface area contributed by atoms with Crippen molar-refractivity contribution in [3.8, 4) is 0 Å². The third kappa shape index (κ3) is 7.29. The van der Waals surface area contributed by atoms with E-state index >= 15 is 0 Å². The number of H-pyrrole nitrogens is 1. The Labute approximate surface area is 106 Å². The lowest BCUT2D eigenvalue weighted by Crippen LogP contribution is -2.07. The Morgan fingerprint density at radius 3 is 2.40 bits per heavy atom. The largest absolute Gasteiger partial charge is 0.365 e. The lowest BCUT2D eigenvalue weighted by molar-refractivity contribution is 0.661. The van der Waals surface area contributed by atoms with E-state index in [1.807, 2.05) is 12.3 Å². The Hall–Kier alpha value is 0.367. The van der Waals surface area contributed by atoms with E-state index < -0.39 is 6.00 Å². The van der Waals surface area contributed by atoms with E-state index in [4.69, 9.17) is 33.2 Å². The number of halogens is 3. The summed E-state index contributed by atoms with van der Waals surface area (Å²) < 4.78 is 0. The van der Waals surface area contributed by atoms with E-state index in [2.05, 4.69) is 11.1 Å². The average Bonchev–Trinajstić information content (AvgIpc) is 2.61. The van der Waals surface area contributed by atoms with Gasteiger partial charge >= 0.3 is 6.00 Å². The van der Waals surface area contributed by atoms with Crippen molar-refractivity contribution >= 4 is 39.2 Å². The van der Waals surface area contributed by atoms with Crippen molar-refractivity contribution in [2.24, 2.45) is 0 Å². The van der Waals surface area contributed by atoms with Crippen LogP contribution in [-0.2, 0) is 6.42 Å². The minimum absolute atomic E-state index is 0.792. The van der Waals surface area contributed by atoms with Crippen LogP contribution in [0.25, 0.3) is 0 Å². The summed E-state index contributed by atoms with van der Waals surface area (Å²) in [5, 5.41) is 0. The smallest absolute Gasteiger partial charge is 0.341 e. The normalized spacial score (nSPS) is 11.9. The molecule has 1 aromatic heterocycles. The van der Waals surface area contributed by atoms with E-state index in [1.54, 1.807) is 0 Å². The van der Waals surface area contributed by atoms with Crippen molar-refractivity contribution in [3.05, 3.63) is 24.0 Å². The van der Waals surface area contributed by atoms with Crippen molar-refractivity contribution in [3.63, 3.8) is 0 Å². The molecule has 5 heteroatoms. The van der Waals surface area contributed by atoms with Gasteiger partial charge in [-0.1, -0.05) is 19.3 Å². The van der Waals surface area contributed by atoms with Crippen LogP contribution in [-0.4, -0.2) is 11.0 Å². The number of hydrogen-bond donors (Lipinski definition) is 1. The molecule has 1 nitrogen and oxygen atoms in total. The molecular formula is C10H16Cl3NSi. The van der Waals surface area contributed by atoms with Gasteiger partial charge in [-0.3, -0.25) is 0 Å². The molecule has 0 saturated carbocycles. The van der Waals surface area contributed by atoms with Crippen LogP contribution in [0.4, 0.5) is 0 Å². The second-order valence-corrected chi connectivity index (χ2v) is 13.0. The predicted molar refractivity (Wildman–Crippen MR) is 71.1 cm³/mol. The highest BCUT2D eigenvalue weighted by molar-refractivity contribution is 7.64. The fourth-order valence-corrected chi connectivity index (χ4v) is 3.37. The van der Waals surface area contributed by atoms with Gasteiger partial charge in [-0.2, -0.15) is 0 Å². The quantitative estimate of drug-likeness (QED) is 0.422. The van der Waals surface area contributed by atoms with Crippen LogP contribution in [0, 0.1) is 0 Å². The summed E-state index contributed by atoms with van der Waals surface area (Å²) in [6.45, 7) is 0. The second kappa shape index (κ2) is 6.84. The first-order valence-electron chi connectivity index (χ1n) is 5.27. The van der Waals surface area contributed by atoms with Crippen molar-refractivity contribution in [2.75, 3.05) is 0 Å². The van der Waals surface area contributed by atoms with Crippen LogP contribution in [0.1, 0.15) is 31.4 Å². The van der Waals surface area contributed by atoms with Crippen LogP contribution < -0.4 is 0 Å². The lowest BCUT2D eigenvalue weighted by Gasteiger charge is -2.06. The van der Waals surface area contributed by atoms with Crippen LogP contribution in [0.15, 0.2) is 18.3 Å². The lowest BCUT2D eigenvalue weighted by atomic mass is 10.1. The summed E-state index contributed by atoms with van der Waals surface area (Å²) in [5.41, 5.74) is 1.31. The molecule has 0 saturated heterocycles. The molecule has 1 rings (SSSR count). The maximum atomic E-state index is 5.79. The number of nitrogens with one attached hydrogen (secondary N) is 1. The third-order valence-corrected chi connectivity index (χ3v) is 4.94. The predicted octanol–water partition coefficient (Wildman–Crippen LogP) is 4.77. The standard InChI is InChI=1S/C10H16Cl3NSi/c11-15(12,13)9-4-2-1-3-6-10-7-5-8-14-10/h5,7-8,14H,1-4,6,9H2. The van der Waals surface area contributed by atoms with Gasteiger partial charge in [0.2, 0.25) is 0 Å². The molecule has 0 radical (unpaired) electrons. The number of aromatic nitrogens is 1. The van der Waals surface area contributed by atoms with Gasteiger partial charge in [-0.25, -0.2) is 0 Å². The van der Waals surface area contributed by atoms with Gasteiger partial charge in [0.05, 0.1) is 0 Å². The summed E-state index contributed by atoms with van der Waals surface area (Å²) >= 11 is 17.4. The van der Waals surface area contributed by atoms with Gasteiger partial charge in [-0.15, -0.1) is 33.2 Å². The van der Waals surface area contributed by atoms with Gasteiger partial charge in [0.15, 0.2) is 0 Å². The number of unbranched alkanes of at least 4 members (excludes halogenated alkanes) is 3. The number of aromatic amines is 1. The van der Waals surface area contributed by atoms with E-state index in [9.17, 15) is 0 Å². The summed E-state index contributed by atoms with van der Waals surface area (Å²) in [5.74, 6) is 0. The first-order chi connectivity index (χ1) is 7.08. The Morgan fingerprint density at radius 2 is 1.80 bits per heavy atom. The highest BCUT2D eigenvalue weighted by atomic mass is 35.8. The molecule has 0 aromatic carbocycles. The fourth-order valence-electron chi connectivity index (χ4n) is 1.52. The van der Waals surface area contributed by atoms with Gasteiger partial charge in [0.1, 0.15) is 0 Å². The van der Waals surface area contributed by atoms with Crippen LogP contribution >= 0.6 is 33.2 Å². The summed E-state index contributed by atoms with van der Waals surface area (Å²) in [6, 6.07) is 2.58. The minimum atomic E-state index is -2.36. The maximum Gasteiger partial charge on any atom is 0.341 e. The summed E-state index contributed by atoms with van der Waals surface area (Å²) in [6.07, 6.45) is 7.73. The SMILES string of the molecule is Cl[Si](Cl)(Cl)CCCCCCc1ccc[nH]1. The van der Waals surface area contributed by atoms with E-state index in [0.717, 1.165) is 18.9 Å². The van der Waals surface area contributed by atoms with Gasteiger partial charge < -0.3 is 4.98 Å². The molecule has 1 heterocycles. The first-order valence-corrected chi connectivity index (χ1v) is 10.5. The van der Waals surface area contributed by atoms with Crippen LogP contribution in [0.2, 0.25) is 6.04 Å². The van der Waals surface area contributed by atoms with Crippen molar-refractivity contribution in [2.45, 2.75) is 38.1 Å². The molecule has 0 spiro atoms. The van der Waals surface area contributed by atoms with E-state index in [0.29, 0.717) is 0 Å². The molecule has 0 atom stereocenters. The molecular weight excluding hydrogens is 269 g/mol. The van der Waals surface area contributed by atoms with Gasteiger partial charge in [0, 0.05) is 11.9 Å². The molecule has 0 fully saturated rings. The molecule has 1 N–H and O–H groups in total. The van der Waals surface area contributed by atoms with Gasteiger partial charge in [-0.05, 0) is 31.0 Å². The zero-order chi connectivity index (χ0) is 11.1. The van der Waals surface area contributed by atoms with Gasteiger partial charge in [0.25, 0.3) is 0 Å². The van der Waals surface area contributed by atoms with Crippen molar-refractivity contribution < 1.29 is 0 Å². The molecule has 15 heavy (non-hydrogen) atoms. The van der Waals surface area contributed by atoms with Crippen molar-refractivity contribution in [1.29, 1.82) is 0 Å². The zero-order valence-electron chi connectivity index (χ0n) is 8.61. The average molecular weight is 285 g/mol. The number of hydrogen-bond acceptors (Lipinski definition) is 0. The Balaban J connectivity index is 1.94. The Morgan fingerprint density at radius 1 is 1.07 bits per heavy atom. The topological polar surface area (TPSA) is 15.8 Å². The van der Waals surface area contributed by atoms with Crippen LogP contribution in [0.3, 0.4) is 0 Å². The third-order valence-electron chi connectivity index (χ3n) is 2.32. The van der Waals surface area contributed by atoms with E-state index in [-0.39, 0.29) is 0 Å².